The second-order valence-corrected chi connectivity index (χ2v) is 5.15. The Hall–Kier alpha value is -2.41. The van der Waals surface area contributed by atoms with Crippen molar-refractivity contribution in [3.05, 3.63) is 58.5 Å². The van der Waals surface area contributed by atoms with Gasteiger partial charge in [0, 0.05) is 17.4 Å². The summed E-state index contributed by atoms with van der Waals surface area (Å²) in [5.41, 5.74) is 2.88. The van der Waals surface area contributed by atoms with E-state index >= 15 is 0 Å². The number of furan rings is 1. The molecule has 1 aromatic carbocycles. The van der Waals surface area contributed by atoms with Crippen molar-refractivity contribution in [1.82, 2.24) is 10.7 Å². The van der Waals surface area contributed by atoms with E-state index in [2.05, 4.69) is 31.8 Å². The van der Waals surface area contributed by atoms with Gasteiger partial charge >= 0.3 is 0 Å². The van der Waals surface area contributed by atoms with Gasteiger partial charge in [-0.25, -0.2) is 5.43 Å². The van der Waals surface area contributed by atoms with E-state index in [0.29, 0.717) is 15.8 Å². The molecule has 2 aromatic rings. The number of nitrogens with one attached hydrogen (secondary N) is 2. The van der Waals surface area contributed by atoms with Gasteiger partial charge in [0.05, 0.1) is 18.0 Å². The molecule has 2 rings (SSSR count). The largest absolute Gasteiger partial charge is 0.463 e. The summed E-state index contributed by atoms with van der Waals surface area (Å²) in [5.74, 6) is 0.0112. The van der Waals surface area contributed by atoms with Gasteiger partial charge in [-0.3, -0.25) is 9.59 Å². The number of hydrogen-bond donors (Lipinski definition) is 2. The SMILES string of the molecule is O=C(CCNC(=O)c1ccccc1Br)NN=Cc1ccco1. The number of benzene rings is 1. The maximum absolute atomic E-state index is 11.9. The third-order valence-electron chi connectivity index (χ3n) is 2.68. The van der Waals surface area contributed by atoms with Gasteiger partial charge in [-0.15, -0.1) is 0 Å². The van der Waals surface area contributed by atoms with Crippen molar-refractivity contribution >= 4 is 34.0 Å². The van der Waals surface area contributed by atoms with Gasteiger partial charge in [0.1, 0.15) is 5.76 Å². The normalized spacial score (nSPS) is 10.6. The van der Waals surface area contributed by atoms with Gasteiger partial charge in [-0.1, -0.05) is 12.1 Å². The van der Waals surface area contributed by atoms with Crippen molar-refractivity contribution in [1.29, 1.82) is 0 Å². The molecule has 0 aliphatic carbocycles. The number of hydrogen-bond acceptors (Lipinski definition) is 4. The summed E-state index contributed by atoms with van der Waals surface area (Å²) in [4.78, 5) is 23.4. The average molecular weight is 364 g/mol. The highest BCUT2D eigenvalue weighted by molar-refractivity contribution is 9.10. The lowest BCUT2D eigenvalue weighted by Gasteiger charge is -2.06. The Labute approximate surface area is 135 Å². The fourth-order valence-corrected chi connectivity index (χ4v) is 2.08. The zero-order valence-electron chi connectivity index (χ0n) is 11.6. The lowest BCUT2D eigenvalue weighted by molar-refractivity contribution is -0.120. The molecular formula is C15H14BrN3O3. The topological polar surface area (TPSA) is 83.7 Å². The number of amides is 2. The molecule has 0 aliphatic heterocycles. The van der Waals surface area contributed by atoms with Crippen LogP contribution in [-0.2, 0) is 4.79 Å². The molecule has 0 fully saturated rings. The lowest BCUT2D eigenvalue weighted by atomic mass is 10.2. The van der Waals surface area contributed by atoms with Crippen LogP contribution in [0.4, 0.5) is 0 Å². The van der Waals surface area contributed by atoms with Crippen molar-refractivity contribution < 1.29 is 14.0 Å². The van der Waals surface area contributed by atoms with Gasteiger partial charge in [0.2, 0.25) is 5.91 Å². The molecule has 1 heterocycles. The summed E-state index contributed by atoms with van der Waals surface area (Å²) in [6, 6.07) is 10.5. The minimum atomic E-state index is -0.296. The summed E-state index contributed by atoms with van der Waals surface area (Å²) in [6.07, 6.45) is 3.05. The lowest BCUT2D eigenvalue weighted by Crippen LogP contribution is -2.29. The molecule has 2 N–H and O–H groups in total. The molecule has 0 saturated heterocycles. The van der Waals surface area contributed by atoms with E-state index in [0.717, 1.165) is 0 Å². The Kier molecular flexibility index (Phi) is 5.91. The summed E-state index contributed by atoms with van der Waals surface area (Å²) < 4.78 is 5.73. The Balaban J connectivity index is 1.71. The van der Waals surface area contributed by atoms with Crippen molar-refractivity contribution in [2.45, 2.75) is 6.42 Å². The molecule has 0 spiro atoms. The molecule has 0 unspecified atom stereocenters. The minimum Gasteiger partial charge on any atom is -0.463 e. The molecule has 22 heavy (non-hydrogen) atoms. The molecule has 1 aromatic heterocycles. The molecule has 6 nitrogen and oxygen atoms in total. The second-order valence-electron chi connectivity index (χ2n) is 4.29. The van der Waals surface area contributed by atoms with E-state index in [1.165, 1.54) is 12.5 Å². The van der Waals surface area contributed by atoms with Gasteiger partial charge < -0.3 is 9.73 Å². The van der Waals surface area contributed by atoms with E-state index in [4.69, 9.17) is 4.42 Å². The molecule has 114 valence electrons. The number of halogens is 1. The monoisotopic (exact) mass is 363 g/mol. The average Bonchev–Trinajstić information content (AvgIpc) is 3.01. The van der Waals surface area contributed by atoms with Crippen LogP contribution in [0.5, 0.6) is 0 Å². The fourth-order valence-electron chi connectivity index (χ4n) is 1.62. The van der Waals surface area contributed by atoms with E-state index in [1.54, 1.807) is 30.3 Å². The van der Waals surface area contributed by atoms with E-state index in [9.17, 15) is 9.59 Å². The van der Waals surface area contributed by atoms with Crippen molar-refractivity contribution in [3.63, 3.8) is 0 Å². The van der Waals surface area contributed by atoms with Gasteiger partial charge in [0.25, 0.3) is 5.91 Å². The Morgan fingerprint density at radius 2 is 2.05 bits per heavy atom. The maximum Gasteiger partial charge on any atom is 0.252 e. The van der Waals surface area contributed by atoms with Crippen molar-refractivity contribution in [2.24, 2.45) is 5.10 Å². The number of nitrogens with zero attached hydrogens (tertiary/aromatic N) is 1. The predicted molar refractivity (Wildman–Crippen MR) is 85.5 cm³/mol. The van der Waals surface area contributed by atoms with Gasteiger partial charge in [-0.2, -0.15) is 5.10 Å². The van der Waals surface area contributed by atoms with Crippen LogP contribution in [-0.4, -0.2) is 24.6 Å². The molecule has 0 saturated carbocycles. The van der Waals surface area contributed by atoms with E-state index < -0.39 is 0 Å². The first-order valence-electron chi connectivity index (χ1n) is 6.55. The van der Waals surface area contributed by atoms with Crippen molar-refractivity contribution in [3.8, 4) is 0 Å². The maximum atomic E-state index is 11.9. The van der Waals surface area contributed by atoms with Crippen LogP contribution in [0.2, 0.25) is 0 Å². The molecule has 2 amide bonds. The fraction of sp³-hybridized carbons (Fsp3) is 0.133. The summed E-state index contributed by atoms with van der Waals surface area (Å²) in [6.45, 7) is 0.224. The highest BCUT2D eigenvalue weighted by atomic mass is 79.9. The highest BCUT2D eigenvalue weighted by Crippen LogP contribution is 2.15. The first kappa shape index (κ1) is 16.0. The van der Waals surface area contributed by atoms with Crippen LogP contribution < -0.4 is 10.7 Å². The Bertz CT molecular complexity index is 668. The zero-order valence-corrected chi connectivity index (χ0v) is 13.2. The molecule has 0 bridgehead atoms. The van der Waals surface area contributed by atoms with Gasteiger partial charge in [0.15, 0.2) is 0 Å². The van der Waals surface area contributed by atoms with Crippen LogP contribution in [0.1, 0.15) is 22.5 Å². The molecule has 0 radical (unpaired) electrons. The minimum absolute atomic E-state index is 0.131. The quantitative estimate of drug-likeness (QED) is 0.610. The first-order chi connectivity index (χ1) is 10.7. The number of carbonyl (C=O) groups excluding carboxylic acids is 2. The number of rotatable bonds is 6. The highest BCUT2D eigenvalue weighted by Gasteiger charge is 2.09. The standard InChI is InChI=1S/C15H14BrN3O3/c16-13-6-2-1-5-12(13)15(21)17-8-7-14(20)19-18-10-11-4-3-9-22-11/h1-6,9-10H,7-8H2,(H,17,21)(H,19,20). The molecular weight excluding hydrogens is 350 g/mol. The third-order valence-corrected chi connectivity index (χ3v) is 3.37. The Morgan fingerprint density at radius 1 is 1.23 bits per heavy atom. The predicted octanol–water partition coefficient (Wildman–Crippen LogP) is 2.31. The zero-order chi connectivity index (χ0) is 15.8. The second kappa shape index (κ2) is 8.14. The van der Waals surface area contributed by atoms with Crippen LogP contribution >= 0.6 is 15.9 Å². The molecule has 0 atom stereocenters. The smallest absolute Gasteiger partial charge is 0.252 e. The number of hydrazone groups is 1. The van der Waals surface area contributed by atoms with E-state index in [1.807, 2.05) is 6.07 Å². The van der Waals surface area contributed by atoms with Crippen molar-refractivity contribution in [2.75, 3.05) is 6.54 Å². The summed E-state index contributed by atoms with van der Waals surface area (Å²) in [5, 5.41) is 6.42. The summed E-state index contributed by atoms with van der Waals surface area (Å²) >= 11 is 3.30. The van der Waals surface area contributed by atoms with Crippen LogP contribution in [0, 0.1) is 0 Å². The summed E-state index contributed by atoms with van der Waals surface area (Å²) in [7, 11) is 0. The molecule has 0 aliphatic rings. The number of carbonyl (C=O) groups is 2. The van der Waals surface area contributed by atoms with Crippen LogP contribution in [0.25, 0.3) is 0 Å². The molecule has 7 heteroatoms. The van der Waals surface area contributed by atoms with Gasteiger partial charge in [-0.05, 0) is 40.2 Å². The van der Waals surface area contributed by atoms with E-state index in [-0.39, 0.29) is 24.8 Å². The van der Waals surface area contributed by atoms with Crippen LogP contribution in [0.15, 0.2) is 56.7 Å². The first-order valence-corrected chi connectivity index (χ1v) is 7.34. The Morgan fingerprint density at radius 3 is 2.77 bits per heavy atom. The third kappa shape index (κ3) is 4.85. The van der Waals surface area contributed by atoms with Crippen LogP contribution in [0.3, 0.4) is 0 Å².